The van der Waals surface area contributed by atoms with Crippen LogP contribution in [0.25, 0.3) is 0 Å². The second kappa shape index (κ2) is 2.76. The fourth-order valence-electron chi connectivity index (χ4n) is 1.45. The van der Waals surface area contributed by atoms with E-state index in [1.807, 2.05) is 0 Å². The molecular weight excluding hydrogens is 164 g/mol. The van der Waals surface area contributed by atoms with Crippen molar-refractivity contribution >= 4 is 0 Å². The van der Waals surface area contributed by atoms with Crippen LogP contribution >= 0.6 is 0 Å². The van der Waals surface area contributed by atoms with Gasteiger partial charge in [-0.15, -0.1) is 9.94 Å². The number of aromatic nitrogens is 2. The van der Waals surface area contributed by atoms with E-state index in [1.54, 1.807) is 4.85 Å². The highest BCUT2D eigenvalue weighted by Crippen LogP contribution is 2.22. The largest absolute Gasteiger partial charge is 0.396 e. The predicted molar refractivity (Wildman–Crippen MR) is 50.7 cm³/mol. The van der Waals surface area contributed by atoms with Gasteiger partial charge in [0.15, 0.2) is 0 Å². The van der Waals surface area contributed by atoms with Crippen LogP contribution in [0.3, 0.4) is 0 Å². The van der Waals surface area contributed by atoms with Crippen LogP contribution in [-0.2, 0) is 11.8 Å². The Morgan fingerprint density at radius 2 is 2.23 bits per heavy atom. The quantitative estimate of drug-likeness (QED) is 0.605. The molecule has 72 valence electrons. The molecule has 1 aliphatic heterocycles. The van der Waals surface area contributed by atoms with Crippen molar-refractivity contribution < 1.29 is 4.84 Å². The summed E-state index contributed by atoms with van der Waals surface area (Å²) in [5, 5.41) is 4.42. The van der Waals surface area contributed by atoms with Crippen molar-refractivity contribution in [2.24, 2.45) is 0 Å². The molecule has 0 atom stereocenters. The van der Waals surface area contributed by atoms with Gasteiger partial charge in [0.1, 0.15) is 6.61 Å². The lowest BCUT2D eigenvalue weighted by Crippen LogP contribution is -2.23. The average molecular weight is 180 g/mol. The highest BCUT2D eigenvalue weighted by atomic mass is 16.7. The molecule has 13 heavy (non-hydrogen) atoms. The van der Waals surface area contributed by atoms with Gasteiger partial charge in [0, 0.05) is 5.41 Å². The third kappa shape index (κ3) is 1.55. The van der Waals surface area contributed by atoms with Crippen LogP contribution in [0.15, 0.2) is 6.07 Å². The van der Waals surface area contributed by atoms with Crippen molar-refractivity contribution in [1.82, 2.24) is 9.94 Å². The number of aryl methyl sites for hydroxylation is 1. The monoisotopic (exact) mass is 180 g/mol. The third-order valence-corrected chi connectivity index (χ3v) is 2.31. The maximum absolute atomic E-state index is 5.40. The Balaban J connectivity index is 2.36. The number of rotatable bonds is 0. The van der Waals surface area contributed by atoms with Crippen molar-refractivity contribution in [1.29, 1.82) is 0 Å². The maximum atomic E-state index is 5.40. The summed E-state index contributed by atoms with van der Waals surface area (Å²) in [6.45, 7) is 7.29. The summed E-state index contributed by atoms with van der Waals surface area (Å²) in [6, 6.07) is 2.15. The fourth-order valence-corrected chi connectivity index (χ4v) is 1.45. The van der Waals surface area contributed by atoms with Crippen molar-refractivity contribution in [3.05, 3.63) is 17.5 Å². The number of hydrogen-bond acceptors (Lipinski definition) is 2. The molecule has 0 amide bonds. The number of nitrogens with zero attached hydrogens (tertiary/aromatic N) is 2. The molecule has 1 aromatic heterocycles. The van der Waals surface area contributed by atoms with E-state index >= 15 is 0 Å². The summed E-state index contributed by atoms with van der Waals surface area (Å²) < 4.78 is 0. The van der Waals surface area contributed by atoms with Crippen LogP contribution in [0.1, 0.15) is 38.6 Å². The van der Waals surface area contributed by atoms with Gasteiger partial charge in [-0.25, -0.2) is 0 Å². The van der Waals surface area contributed by atoms with Gasteiger partial charge < -0.3 is 4.84 Å². The predicted octanol–water partition coefficient (Wildman–Crippen LogP) is 1.56. The lowest BCUT2D eigenvalue weighted by atomic mass is 9.92. The molecule has 0 saturated carbocycles. The van der Waals surface area contributed by atoms with E-state index in [0.717, 1.165) is 25.1 Å². The van der Waals surface area contributed by atoms with Gasteiger partial charge in [0.2, 0.25) is 0 Å². The van der Waals surface area contributed by atoms with Crippen LogP contribution in [-0.4, -0.2) is 16.6 Å². The van der Waals surface area contributed by atoms with Gasteiger partial charge in [-0.3, -0.25) is 0 Å². The molecule has 3 nitrogen and oxygen atoms in total. The topological polar surface area (TPSA) is 27.1 Å². The lowest BCUT2D eigenvalue weighted by Gasteiger charge is -2.14. The Hall–Kier alpha value is -0.990. The summed E-state index contributed by atoms with van der Waals surface area (Å²) in [6.07, 6.45) is 2.19. The molecule has 3 heteroatoms. The Bertz CT molecular complexity index is 286. The normalized spacial score (nSPS) is 16.5. The zero-order valence-corrected chi connectivity index (χ0v) is 8.50. The Kier molecular flexibility index (Phi) is 1.82. The number of fused-ring (bicyclic) bond motifs is 1. The fraction of sp³-hybridized carbons (Fsp3) is 0.700. The molecule has 0 aliphatic carbocycles. The minimum absolute atomic E-state index is 0.119. The van der Waals surface area contributed by atoms with Crippen LogP contribution in [0.4, 0.5) is 0 Å². The molecule has 2 heterocycles. The zero-order valence-electron chi connectivity index (χ0n) is 8.50. The van der Waals surface area contributed by atoms with Gasteiger partial charge in [0.25, 0.3) is 0 Å². The van der Waals surface area contributed by atoms with Gasteiger partial charge in [-0.1, -0.05) is 20.8 Å². The molecule has 2 rings (SSSR count). The summed E-state index contributed by atoms with van der Waals surface area (Å²) in [7, 11) is 0. The molecule has 0 radical (unpaired) electrons. The first-order valence-corrected chi connectivity index (χ1v) is 4.80. The molecule has 0 spiro atoms. The molecule has 0 aromatic carbocycles. The van der Waals surface area contributed by atoms with E-state index in [9.17, 15) is 0 Å². The molecule has 0 N–H and O–H groups in total. The molecule has 0 bridgehead atoms. The lowest BCUT2D eigenvalue weighted by molar-refractivity contribution is 0.0544. The second-order valence-corrected chi connectivity index (χ2v) is 4.58. The van der Waals surface area contributed by atoms with E-state index in [2.05, 4.69) is 31.9 Å². The van der Waals surface area contributed by atoms with Crippen molar-refractivity contribution in [3.8, 4) is 0 Å². The van der Waals surface area contributed by atoms with Gasteiger partial charge in [0.05, 0.1) is 11.4 Å². The molecular formula is C10H16N2O. The smallest absolute Gasteiger partial charge is 0.117 e. The van der Waals surface area contributed by atoms with Gasteiger partial charge >= 0.3 is 0 Å². The number of hydrogen-bond donors (Lipinski definition) is 0. The van der Waals surface area contributed by atoms with Crippen molar-refractivity contribution in [3.63, 3.8) is 0 Å². The van der Waals surface area contributed by atoms with Gasteiger partial charge in [-0.2, -0.15) is 0 Å². The molecule has 0 saturated heterocycles. The van der Waals surface area contributed by atoms with Crippen molar-refractivity contribution in [2.45, 2.75) is 39.0 Å². The molecule has 0 unspecified atom stereocenters. The summed E-state index contributed by atoms with van der Waals surface area (Å²) in [5.41, 5.74) is 2.44. The maximum Gasteiger partial charge on any atom is 0.117 e. The zero-order chi connectivity index (χ0) is 9.47. The van der Waals surface area contributed by atoms with E-state index < -0.39 is 0 Å². The van der Waals surface area contributed by atoms with Crippen LogP contribution in [0, 0.1) is 0 Å². The van der Waals surface area contributed by atoms with Crippen LogP contribution in [0.2, 0.25) is 0 Å². The standard InChI is InChI=1S/C10H16N2O/c1-10(2,3)9-7-8-5-4-6-13-12(8)11-9/h7H,4-6H2,1-3H3. The summed E-state index contributed by atoms with van der Waals surface area (Å²) >= 11 is 0. The Morgan fingerprint density at radius 3 is 2.85 bits per heavy atom. The first-order valence-electron chi connectivity index (χ1n) is 4.80. The Labute approximate surface area is 78.7 Å². The van der Waals surface area contributed by atoms with Crippen molar-refractivity contribution in [2.75, 3.05) is 6.61 Å². The first kappa shape index (κ1) is 8.60. The molecule has 0 fully saturated rings. The molecule has 1 aliphatic rings. The van der Waals surface area contributed by atoms with Crippen LogP contribution in [0.5, 0.6) is 0 Å². The van der Waals surface area contributed by atoms with E-state index in [1.165, 1.54) is 5.69 Å². The molecule has 1 aromatic rings. The van der Waals surface area contributed by atoms with E-state index in [4.69, 9.17) is 4.84 Å². The van der Waals surface area contributed by atoms with Crippen LogP contribution < -0.4 is 4.84 Å². The SMILES string of the molecule is CC(C)(C)c1cc2n(n1)OCCC2. The third-order valence-electron chi connectivity index (χ3n) is 2.31. The minimum Gasteiger partial charge on any atom is -0.396 e. The van der Waals surface area contributed by atoms with Gasteiger partial charge in [-0.05, 0) is 18.9 Å². The Morgan fingerprint density at radius 1 is 1.46 bits per heavy atom. The first-order chi connectivity index (χ1) is 6.07. The highest BCUT2D eigenvalue weighted by Gasteiger charge is 2.21. The summed E-state index contributed by atoms with van der Waals surface area (Å²) in [5.74, 6) is 0. The minimum atomic E-state index is 0.119. The van der Waals surface area contributed by atoms with E-state index in [0.29, 0.717) is 0 Å². The van der Waals surface area contributed by atoms with E-state index in [-0.39, 0.29) is 5.41 Å². The second-order valence-electron chi connectivity index (χ2n) is 4.58. The average Bonchev–Trinajstić information content (AvgIpc) is 2.45. The highest BCUT2D eigenvalue weighted by molar-refractivity contribution is 5.17. The summed E-state index contributed by atoms with van der Waals surface area (Å²) in [4.78, 5) is 7.09.